The lowest BCUT2D eigenvalue weighted by Gasteiger charge is -2.40. The molecular weight excluding hydrogens is 398 g/mol. The van der Waals surface area contributed by atoms with Crippen molar-refractivity contribution < 1.29 is 19.1 Å². The van der Waals surface area contributed by atoms with Crippen molar-refractivity contribution in [2.45, 2.75) is 38.6 Å². The Bertz CT molecular complexity index is 865. The van der Waals surface area contributed by atoms with Crippen molar-refractivity contribution in [1.29, 1.82) is 0 Å². The molecule has 166 valence electrons. The summed E-state index contributed by atoms with van der Waals surface area (Å²) in [5.74, 6) is 1.21. The largest absolute Gasteiger partial charge is 0.492 e. The first-order valence-corrected chi connectivity index (χ1v) is 10.9. The lowest BCUT2D eigenvalue weighted by molar-refractivity contribution is -0.141. The Morgan fingerprint density at radius 3 is 2.87 bits per heavy atom. The lowest BCUT2D eigenvalue weighted by Crippen LogP contribution is -2.52. The molecule has 2 aliphatic rings. The molecule has 2 aromatic heterocycles. The number of rotatable bonds is 7. The number of nitrogens with zero attached hydrogens (tertiary/aromatic N) is 3. The van der Waals surface area contributed by atoms with Crippen LogP contribution in [-0.2, 0) is 9.53 Å². The van der Waals surface area contributed by atoms with Crippen molar-refractivity contribution in [3.05, 3.63) is 30.6 Å². The second-order valence-electron chi connectivity index (χ2n) is 8.18. The average Bonchev–Trinajstić information content (AvgIpc) is 3.30. The number of likely N-dealkylation sites (tertiary alicyclic amines) is 1. The van der Waals surface area contributed by atoms with Gasteiger partial charge in [0, 0.05) is 37.2 Å². The number of piperidine rings is 1. The van der Waals surface area contributed by atoms with Crippen LogP contribution in [0.15, 0.2) is 30.6 Å². The highest BCUT2D eigenvalue weighted by Gasteiger charge is 2.39. The number of hydrogen-bond acceptors (Lipinski definition) is 6. The smallest absolute Gasteiger partial charge is 0.407 e. The van der Waals surface area contributed by atoms with E-state index < -0.39 is 6.09 Å². The van der Waals surface area contributed by atoms with Gasteiger partial charge in [-0.3, -0.25) is 14.9 Å². The number of pyridine rings is 1. The van der Waals surface area contributed by atoms with Crippen LogP contribution in [0.1, 0.15) is 32.6 Å². The standard InChI is InChI=1S/C22H29N5O4/c1-2-30-22(29)25-17-10-16(11-17)21(28)27-9-3-4-15(13-27)14-31-18-5-6-19(23-12-18)20-7-8-24-26-20/h5-8,12,15-17H,2-4,9-11,13-14H2,1H3,(H,24,26)(H,25,29)/t15-,16-,17+/m1/s1. The summed E-state index contributed by atoms with van der Waals surface area (Å²) < 4.78 is 10.8. The molecule has 2 N–H and O–H groups in total. The number of H-pyrrole nitrogens is 1. The van der Waals surface area contributed by atoms with Gasteiger partial charge in [0.1, 0.15) is 5.75 Å². The molecule has 0 unspecified atom stereocenters. The minimum atomic E-state index is -0.402. The van der Waals surface area contributed by atoms with Crippen molar-refractivity contribution >= 4 is 12.0 Å². The van der Waals surface area contributed by atoms with Gasteiger partial charge in [-0.25, -0.2) is 4.79 Å². The zero-order chi connectivity index (χ0) is 21.6. The molecule has 0 radical (unpaired) electrons. The van der Waals surface area contributed by atoms with Crippen LogP contribution in [0.2, 0.25) is 0 Å². The van der Waals surface area contributed by atoms with Crippen molar-refractivity contribution in [2.75, 3.05) is 26.3 Å². The highest BCUT2D eigenvalue weighted by Crippen LogP contribution is 2.31. The van der Waals surface area contributed by atoms with E-state index in [0.717, 1.165) is 36.5 Å². The lowest BCUT2D eigenvalue weighted by atomic mass is 9.79. The Labute approximate surface area is 181 Å². The van der Waals surface area contributed by atoms with E-state index in [2.05, 4.69) is 20.5 Å². The molecule has 0 bridgehead atoms. The van der Waals surface area contributed by atoms with Crippen molar-refractivity contribution in [3.8, 4) is 17.1 Å². The Morgan fingerprint density at radius 1 is 1.29 bits per heavy atom. The number of aromatic amines is 1. The Hall–Kier alpha value is -3.10. The van der Waals surface area contributed by atoms with Gasteiger partial charge in [-0.05, 0) is 50.8 Å². The monoisotopic (exact) mass is 427 g/mol. The van der Waals surface area contributed by atoms with E-state index in [0.29, 0.717) is 38.5 Å². The average molecular weight is 428 g/mol. The topological polar surface area (TPSA) is 109 Å². The van der Waals surface area contributed by atoms with Gasteiger partial charge in [-0.1, -0.05) is 0 Å². The molecule has 0 aromatic carbocycles. The zero-order valence-electron chi connectivity index (χ0n) is 17.8. The van der Waals surface area contributed by atoms with Crippen molar-refractivity contribution in [2.24, 2.45) is 11.8 Å². The maximum absolute atomic E-state index is 12.8. The zero-order valence-corrected chi connectivity index (χ0v) is 17.8. The van der Waals surface area contributed by atoms with E-state index in [4.69, 9.17) is 9.47 Å². The summed E-state index contributed by atoms with van der Waals surface area (Å²) in [6.07, 6.45) is 6.40. The molecule has 1 aliphatic heterocycles. The molecule has 1 saturated heterocycles. The number of hydrogen-bond donors (Lipinski definition) is 2. The number of carbonyl (C=O) groups excluding carboxylic acids is 2. The third-order valence-electron chi connectivity index (χ3n) is 5.91. The normalized spacial score (nSPS) is 23.0. The maximum Gasteiger partial charge on any atom is 0.407 e. The molecule has 3 heterocycles. The number of amides is 2. The van der Waals surface area contributed by atoms with E-state index in [1.807, 2.05) is 23.1 Å². The van der Waals surface area contributed by atoms with Gasteiger partial charge in [0.25, 0.3) is 0 Å². The number of nitrogens with one attached hydrogen (secondary N) is 2. The minimum Gasteiger partial charge on any atom is -0.492 e. The Morgan fingerprint density at radius 2 is 2.16 bits per heavy atom. The molecule has 1 atom stereocenters. The molecule has 4 rings (SSSR count). The fraction of sp³-hybridized carbons (Fsp3) is 0.545. The fourth-order valence-electron chi connectivity index (χ4n) is 4.17. The van der Waals surface area contributed by atoms with Crippen LogP contribution in [-0.4, -0.2) is 64.4 Å². The van der Waals surface area contributed by atoms with E-state index in [9.17, 15) is 9.59 Å². The van der Waals surface area contributed by atoms with Crippen LogP contribution in [0.25, 0.3) is 11.4 Å². The number of carbonyl (C=O) groups is 2. The first-order valence-electron chi connectivity index (χ1n) is 10.9. The van der Waals surface area contributed by atoms with Gasteiger partial charge < -0.3 is 19.7 Å². The highest BCUT2D eigenvalue weighted by molar-refractivity contribution is 5.80. The third-order valence-corrected chi connectivity index (χ3v) is 5.91. The van der Waals surface area contributed by atoms with Crippen LogP contribution < -0.4 is 10.1 Å². The van der Waals surface area contributed by atoms with E-state index in [1.54, 1.807) is 19.3 Å². The number of alkyl carbamates (subject to hydrolysis) is 1. The molecular formula is C22H29N5O4. The predicted molar refractivity (Wildman–Crippen MR) is 113 cm³/mol. The maximum atomic E-state index is 12.8. The summed E-state index contributed by atoms with van der Waals surface area (Å²) in [6, 6.07) is 5.71. The molecule has 0 spiro atoms. The molecule has 1 saturated carbocycles. The molecule has 2 aromatic rings. The quantitative estimate of drug-likeness (QED) is 0.703. The van der Waals surface area contributed by atoms with Crippen LogP contribution in [0.4, 0.5) is 4.79 Å². The molecule has 2 fully saturated rings. The summed E-state index contributed by atoms with van der Waals surface area (Å²) in [5, 5.41) is 9.63. The van der Waals surface area contributed by atoms with Crippen LogP contribution in [0.3, 0.4) is 0 Å². The van der Waals surface area contributed by atoms with Gasteiger partial charge in [-0.2, -0.15) is 5.10 Å². The fourth-order valence-corrected chi connectivity index (χ4v) is 4.17. The van der Waals surface area contributed by atoms with Gasteiger partial charge in [0.05, 0.1) is 30.8 Å². The SMILES string of the molecule is CCOC(=O)N[C@H]1C[C@@H](C(=O)N2CCC[C@@H](COc3ccc(-c4ccn[nH]4)nc3)C2)C1. The second-order valence-corrected chi connectivity index (χ2v) is 8.18. The van der Waals surface area contributed by atoms with Gasteiger partial charge >= 0.3 is 6.09 Å². The van der Waals surface area contributed by atoms with Gasteiger partial charge in [-0.15, -0.1) is 0 Å². The Balaban J connectivity index is 1.21. The third kappa shape index (κ3) is 5.34. The van der Waals surface area contributed by atoms with Gasteiger partial charge in [0.2, 0.25) is 5.91 Å². The summed E-state index contributed by atoms with van der Waals surface area (Å²) in [5.41, 5.74) is 1.68. The molecule has 31 heavy (non-hydrogen) atoms. The molecule has 2 amide bonds. The highest BCUT2D eigenvalue weighted by atomic mass is 16.5. The van der Waals surface area contributed by atoms with Crippen LogP contribution in [0.5, 0.6) is 5.75 Å². The molecule has 1 aliphatic carbocycles. The Kier molecular flexibility index (Phi) is 6.69. The summed E-state index contributed by atoms with van der Waals surface area (Å²) >= 11 is 0. The van der Waals surface area contributed by atoms with E-state index in [-0.39, 0.29) is 17.9 Å². The first kappa shape index (κ1) is 21.1. The summed E-state index contributed by atoms with van der Waals surface area (Å²) in [6.45, 7) is 4.19. The predicted octanol–water partition coefficient (Wildman–Crippen LogP) is 2.61. The van der Waals surface area contributed by atoms with Crippen LogP contribution in [0, 0.1) is 11.8 Å². The van der Waals surface area contributed by atoms with E-state index in [1.165, 1.54) is 0 Å². The van der Waals surface area contributed by atoms with Crippen molar-refractivity contribution in [3.63, 3.8) is 0 Å². The first-order chi connectivity index (χ1) is 15.1. The summed E-state index contributed by atoms with van der Waals surface area (Å²) in [7, 11) is 0. The molecule has 9 nitrogen and oxygen atoms in total. The van der Waals surface area contributed by atoms with Crippen molar-refractivity contribution in [1.82, 2.24) is 25.4 Å². The minimum absolute atomic E-state index is 0.00850. The number of ether oxygens (including phenoxy) is 2. The number of aromatic nitrogens is 3. The van der Waals surface area contributed by atoms with Gasteiger partial charge in [0.15, 0.2) is 0 Å². The van der Waals surface area contributed by atoms with E-state index >= 15 is 0 Å². The molecule has 9 heteroatoms. The second kappa shape index (κ2) is 9.80. The van der Waals surface area contributed by atoms with Crippen LogP contribution >= 0.6 is 0 Å². The summed E-state index contributed by atoms with van der Waals surface area (Å²) in [4.78, 5) is 30.7.